The fraction of sp³-hybridized carbons (Fsp3) is 0.111. The van der Waals surface area contributed by atoms with Gasteiger partial charge in [-0.3, -0.25) is 0 Å². The first-order chi connectivity index (χ1) is 11.7. The smallest absolute Gasteiger partial charge is 0.206 e. The molecule has 0 fully saturated rings. The molecule has 0 aliphatic heterocycles. The molecular weight excluding hydrogens is 318 g/mol. The number of para-hydroxylation sites is 1. The molecule has 0 spiro atoms. The number of benzene rings is 1. The Morgan fingerprint density at radius 2 is 1.96 bits per heavy atom. The molecule has 116 valence electrons. The normalized spacial score (nSPS) is 10.6. The second kappa shape index (κ2) is 5.87. The molecule has 0 aliphatic rings. The number of aryl methyl sites for hydroxylation is 2. The molecule has 4 aromatic rings. The van der Waals surface area contributed by atoms with Crippen LogP contribution in [0.4, 0.5) is 0 Å². The van der Waals surface area contributed by atoms with Crippen LogP contribution >= 0.6 is 11.3 Å². The van der Waals surface area contributed by atoms with Gasteiger partial charge in [-0.25, -0.2) is 19.9 Å². The highest BCUT2D eigenvalue weighted by Crippen LogP contribution is 2.20. The van der Waals surface area contributed by atoms with Gasteiger partial charge in [0, 0.05) is 35.9 Å². The third-order valence-corrected chi connectivity index (χ3v) is 4.37. The van der Waals surface area contributed by atoms with Crippen LogP contribution in [0.3, 0.4) is 0 Å². The predicted molar refractivity (Wildman–Crippen MR) is 94.6 cm³/mol. The number of imidazole rings is 1. The van der Waals surface area contributed by atoms with Gasteiger partial charge in [0.1, 0.15) is 5.69 Å². The van der Waals surface area contributed by atoms with Gasteiger partial charge in [-0.2, -0.15) is 0 Å². The zero-order valence-electron chi connectivity index (χ0n) is 13.2. The largest absolute Gasteiger partial charge is 0.331 e. The number of rotatable bonds is 1. The third-order valence-electron chi connectivity index (χ3n) is 3.60. The lowest BCUT2D eigenvalue weighted by molar-refractivity contribution is 0.922. The topological polar surface area (TPSA) is 56.5 Å². The highest BCUT2D eigenvalue weighted by molar-refractivity contribution is 7.13. The Bertz CT molecular complexity index is 1080. The molecule has 0 saturated carbocycles. The standard InChI is InChI=1S/C18H13N5S/c1-12-14-5-3-4-6-15(14)22-16(20-12)8-7-13-11-23(2)17(21-13)18-19-9-10-24-18/h3-6,9-11H,1-2H3. The first kappa shape index (κ1) is 14.5. The molecule has 0 radical (unpaired) electrons. The van der Waals surface area contributed by atoms with Crippen LogP contribution in [0.1, 0.15) is 17.2 Å². The molecule has 4 rings (SSSR count). The van der Waals surface area contributed by atoms with Gasteiger partial charge in [0.05, 0.1) is 5.52 Å². The maximum Gasteiger partial charge on any atom is 0.206 e. The Hall–Kier alpha value is -3.04. The first-order valence-corrected chi connectivity index (χ1v) is 8.27. The Labute approximate surface area is 143 Å². The van der Waals surface area contributed by atoms with Gasteiger partial charge in [-0.15, -0.1) is 11.3 Å². The van der Waals surface area contributed by atoms with Crippen molar-refractivity contribution in [3.8, 4) is 22.7 Å². The number of thiazole rings is 1. The summed E-state index contributed by atoms with van der Waals surface area (Å²) in [4.78, 5) is 17.8. The van der Waals surface area contributed by atoms with Gasteiger partial charge in [-0.05, 0) is 24.8 Å². The summed E-state index contributed by atoms with van der Waals surface area (Å²) in [5, 5.41) is 3.86. The zero-order chi connectivity index (χ0) is 16.5. The van der Waals surface area contributed by atoms with E-state index in [0.717, 1.165) is 27.4 Å². The maximum absolute atomic E-state index is 4.53. The van der Waals surface area contributed by atoms with Crippen molar-refractivity contribution >= 4 is 22.2 Å². The second-order valence-corrected chi connectivity index (χ2v) is 6.19. The third kappa shape index (κ3) is 2.66. The van der Waals surface area contributed by atoms with Crippen LogP contribution in [0.15, 0.2) is 42.0 Å². The molecule has 6 heteroatoms. The van der Waals surface area contributed by atoms with Crippen molar-refractivity contribution < 1.29 is 0 Å². The van der Waals surface area contributed by atoms with E-state index in [1.54, 1.807) is 17.5 Å². The molecular formula is C18H13N5S. The molecule has 0 bridgehead atoms. The van der Waals surface area contributed by atoms with Gasteiger partial charge < -0.3 is 4.57 Å². The van der Waals surface area contributed by atoms with E-state index in [2.05, 4.69) is 31.8 Å². The number of hydrogen-bond acceptors (Lipinski definition) is 5. The summed E-state index contributed by atoms with van der Waals surface area (Å²) in [5.41, 5.74) is 2.50. The average molecular weight is 331 g/mol. The van der Waals surface area contributed by atoms with E-state index < -0.39 is 0 Å². The van der Waals surface area contributed by atoms with E-state index in [1.807, 2.05) is 54.4 Å². The average Bonchev–Trinajstić information content (AvgIpc) is 3.22. The molecule has 0 unspecified atom stereocenters. The summed E-state index contributed by atoms with van der Waals surface area (Å²) in [6.45, 7) is 1.97. The molecule has 0 saturated heterocycles. The Morgan fingerprint density at radius 1 is 1.08 bits per heavy atom. The summed E-state index contributed by atoms with van der Waals surface area (Å²) in [7, 11) is 1.94. The Kier molecular flexibility index (Phi) is 3.56. The quantitative estimate of drug-likeness (QED) is 0.503. The number of nitrogens with zero attached hydrogens (tertiary/aromatic N) is 5. The number of fused-ring (bicyclic) bond motifs is 1. The molecule has 5 nitrogen and oxygen atoms in total. The molecule has 0 N–H and O–H groups in total. The van der Waals surface area contributed by atoms with E-state index in [9.17, 15) is 0 Å². The van der Waals surface area contributed by atoms with E-state index in [4.69, 9.17) is 0 Å². The van der Waals surface area contributed by atoms with Crippen molar-refractivity contribution in [1.29, 1.82) is 0 Å². The minimum absolute atomic E-state index is 0.507. The monoisotopic (exact) mass is 331 g/mol. The molecule has 0 atom stereocenters. The van der Waals surface area contributed by atoms with Crippen molar-refractivity contribution in [3.05, 3.63) is 59.3 Å². The van der Waals surface area contributed by atoms with E-state index in [-0.39, 0.29) is 0 Å². The fourth-order valence-electron chi connectivity index (χ4n) is 2.47. The summed E-state index contributed by atoms with van der Waals surface area (Å²) in [6.07, 6.45) is 3.66. The molecule has 1 aromatic carbocycles. The number of hydrogen-bond donors (Lipinski definition) is 0. The molecule has 3 heterocycles. The van der Waals surface area contributed by atoms with Crippen LogP contribution in [0.5, 0.6) is 0 Å². The fourth-order valence-corrected chi connectivity index (χ4v) is 3.14. The van der Waals surface area contributed by atoms with Gasteiger partial charge in [0.2, 0.25) is 5.82 Å². The lowest BCUT2D eigenvalue weighted by atomic mass is 10.2. The Balaban J connectivity index is 1.71. The van der Waals surface area contributed by atoms with Crippen LogP contribution in [0.25, 0.3) is 21.7 Å². The predicted octanol–water partition coefficient (Wildman–Crippen LogP) is 3.20. The minimum Gasteiger partial charge on any atom is -0.331 e. The van der Waals surface area contributed by atoms with Crippen molar-refractivity contribution in [2.24, 2.45) is 7.05 Å². The lowest BCUT2D eigenvalue weighted by Gasteiger charge is -2.00. The van der Waals surface area contributed by atoms with Crippen molar-refractivity contribution in [3.63, 3.8) is 0 Å². The van der Waals surface area contributed by atoms with E-state index >= 15 is 0 Å². The highest BCUT2D eigenvalue weighted by Gasteiger charge is 2.08. The molecule has 0 aliphatic carbocycles. The molecule has 3 aromatic heterocycles. The van der Waals surface area contributed by atoms with Gasteiger partial charge in [0.15, 0.2) is 10.8 Å². The Morgan fingerprint density at radius 3 is 2.79 bits per heavy atom. The van der Waals surface area contributed by atoms with E-state index in [0.29, 0.717) is 11.5 Å². The van der Waals surface area contributed by atoms with Crippen LogP contribution < -0.4 is 0 Å². The maximum atomic E-state index is 4.53. The van der Waals surface area contributed by atoms with Crippen LogP contribution in [-0.4, -0.2) is 24.5 Å². The molecule has 24 heavy (non-hydrogen) atoms. The lowest BCUT2D eigenvalue weighted by Crippen LogP contribution is -1.94. The van der Waals surface area contributed by atoms with Gasteiger partial charge in [0.25, 0.3) is 0 Å². The van der Waals surface area contributed by atoms with Crippen molar-refractivity contribution in [1.82, 2.24) is 24.5 Å². The second-order valence-electron chi connectivity index (χ2n) is 5.30. The SMILES string of the molecule is Cc1nc(C#Cc2cn(C)c(-c3nccs3)n2)nc2ccccc12. The minimum atomic E-state index is 0.507. The van der Waals surface area contributed by atoms with Gasteiger partial charge in [-0.1, -0.05) is 18.2 Å². The van der Waals surface area contributed by atoms with Crippen molar-refractivity contribution in [2.45, 2.75) is 6.92 Å². The van der Waals surface area contributed by atoms with Gasteiger partial charge >= 0.3 is 0 Å². The van der Waals surface area contributed by atoms with Crippen molar-refractivity contribution in [2.75, 3.05) is 0 Å². The van der Waals surface area contributed by atoms with Crippen LogP contribution in [-0.2, 0) is 7.05 Å². The van der Waals surface area contributed by atoms with E-state index in [1.165, 1.54) is 0 Å². The number of aromatic nitrogens is 5. The zero-order valence-corrected chi connectivity index (χ0v) is 14.0. The summed E-state index contributed by atoms with van der Waals surface area (Å²) >= 11 is 1.55. The highest BCUT2D eigenvalue weighted by atomic mass is 32.1. The summed E-state index contributed by atoms with van der Waals surface area (Å²) < 4.78 is 1.93. The summed E-state index contributed by atoms with van der Waals surface area (Å²) in [6, 6.07) is 7.93. The first-order valence-electron chi connectivity index (χ1n) is 7.39. The van der Waals surface area contributed by atoms with Crippen LogP contribution in [0.2, 0.25) is 0 Å². The van der Waals surface area contributed by atoms with Crippen LogP contribution in [0, 0.1) is 18.8 Å². The summed E-state index contributed by atoms with van der Waals surface area (Å²) in [5.74, 6) is 7.38. The molecule has 0 amide bonds.